The second kappa shape index (κ2) is 8.08. The SMILES string of the molecule is C=N/C(=C1/c2cc[nH]c2N=CN1N)C1CCCN(Cc2ccc(C(F)(F)F)cc2)C1. The molecule has 3 N–H and O–H groups in total. The van der Waals surface area contributed by atoms with Gasteiger partial charge in [0, 0.05) is 30.8 Å². The minimum Gasteiger partial charge on any atom is -0.346 e. The largest absolute Gasteiger partial charge is 0.416 e. The number of rotatable bonds is 4. The molecule has 158 valence electrons. The van der Waals surface area contributed by atoms with Crippen molar-refractivity contribution >= 4 is 24.6 Å². The number of hydrogen-bond donors (Lipinski definition) is 2. The quantitative estimate of drug-likeness (QED) is 0.581. The molecule has 2 aliphatic rings. The van der Waals surface area contributed by atoms with Crippen molar-refractivity contribution in [2.45, 2.75) is 25.6 Å². The summed E-state index contributed by atoms with van der Waals surface area (Å²) < 4.78 is 38.4. The van der Waals surface area contributed by atoms with Gasteiger partial charge in [0.25, 0.3) is 0 Å². The maximum absolute atomic E-state index is 12.8. The summed E-state index contributed by atoms with van der Waals surface area (Å²) in [7, 11) is 0. The number of halogens is 3. The summed E-state index contributed by atoms with van der Waals surface area (Å²) in [6, 6.07) is 7.27. The first-order valence-electron chi connectivity index (χ1n) is 9.72. The van der Waals surface area contributed by atoms with Gasteiger partial charge < -0.3 is 4.98 Å². The second-order valence-electron chi connectivity index (χ2n) is 7.55. The Balaban J connectivity index is 1.53. The van der Waals surface area contributed by atoms with E-state index >= 15 is 0 Å². The number of piperidine rings is 1. The number of H-pyrrole nitrogens is 1. The number of benzene rings is 1. The molecule has 4 rings (SSSR count). The molecule has 1 aromatic heterocycles. The molecule has 0 amide bonds. The topological polar surface area (TPSA) is 73.0 Å². The van der Waals surface area contributed by atoms with Crippen molar-refractivity contribution in [1.29, 1.82) is 0 Å². The maximum Gasteiger partial charge on any atom is 0.416 e. The molecule has 0 radical (unpaired) electrons. The Morgan fingerprint density at radius 3 is 2.73 bits per heavy atom. The van der Waals surface area contributed by atoms with Gasteiger partial charge >= 0.3 is 6.18 Å². The zero-order valence-electron chi connectivity index (χ0n) is 16.4. The van der Waals surface area contributed by atoms with Crippen LogP contribution in [0, 0.1) is 5.92 Å². The van der Waals surface area contributed by atoms with E-state index in [-0.39, 0.29) is 5.92 Å². The van der Waals surface area contributed by atoms with Crippen molar-refractivity contribution in [3.8, 4) is 0 Å². The van der Waals surface area contributed by atoms with Gasteiger partial charge in [-0.2, -0.15) is 13.2 Å². The first-order valence-corrected chi connectivity index (χ1v) is 9.72. The van der Waals surface area contributed by atoms with Crippen LogP contribution in [0.15, 0.2) is 52.2 Å². The van der Waals surface area contributed by atoms with Gasteiger partial charge in [0.2, 0.25) is 0 Å². The summed E-state index contributed by atoms with van der Waals surface area (Å²) in [5.74, 6) is 7.00. The number of likely N-dealkylation sites (tertiary alicyclic amines) is 1. The van der Waals surface area contributed by atoms with E-state index in [1.807, 2.05) is 6.07 Å². The Morgan fingerprint density at radius 1 is 1.27 bits per heavy atom. The molecule has 9 heteroatoms. The highest BCUT2D eigenvalue weighted by Crippen LogP contribution is 2.37. The van der Waals surface area contributed by atoms with Crippen LogP contribution < -0.4 is 5.84 Å². The van der Waals surface area contributed by atoms with Crippen molar-refractivity contribution in [2.75, 3.05) is 13.1 Å². The van der Waals surface area contributed by atoms with Crippen molar-refractivity contribution in [1.82, 2.24) is 14.9 Å². The molecule has 6 nitrogen and oxygen atoms in total. The van der Waals surface area contributed by atoms with Crippen LogP contribution in [0.2, 0.25) is 0 Å². The van der Waals surface area contributed by atoms with E-state index in [1.165, 1.54) is 5.01 Å². The number of nitrogens with two attached hydrogens (primary N) is 1. The fourth-order valence-corrected chi connectivity index (χ4v) is 4.12. The van der Waals surface area contributed by atoms with E-state index in [2.05, 4.69) is 26.6 Å². The molecule has 1 atom stereocenters. The summed E-state index contributed by atoms with van der Waals surface area (Å²) >= 11 is 0. The molecule has 0 aliphatic carbocycles. The third-order valence-electron chi connectivity index (χ3n) is 5.54. The van der Waals surface area contributed by atoms with E-state index in [9.17, 15) is 13.2 Å². The number of nitrogens with zero attached hydrogens (tertiary/aromatic N) is 4. The lowest BCUT2D eigenvalue weighted by molar-refractivity contribution is -0.137. The smallest absolute Gasteiger partial charge is 0.346 e. The Bertz CT molecular complexity index is 973. The predicted molar refractivity (Wildman–Crippen MR) is 111 cm³/mol. The van der Waals surface area contributed by atoms with Crippen molar-refractivity contribution in [3.05, 3.63) is 58.9 Å². The highest BCUT2D eigenvalue weighted by atomic mass is 19.4. The Kier molecular flexibility index (Phi) is 5.48. The fraction of sp³-hybridized carbons (Fsp3) is 0.333. The van der Waals surface area contributed by atoms with Crippen LogP contribution >= 0.6 is 0 Å². The standard InChI is InChI=1S/C21H23F3N6/c1-26-18(19-17-8-9-27-20(17)28-13-30(19)25)15-3-2-10-29(12-15)11-14-4-6-16(7-5-14)21(22,23)24/h4-9,13,15,27H,1-3,10-12,25H2/b19-18-. The highest BCUT2D eigenvalue weighted by Gasteiger charge is 2.31. The van der Waals surface area contributed by atoms with Gasteiger partial charge in [-0.25, -0.2) is 10.8 Å². The molecule has 30 heavy (non-hydrogen) atoms. The lowest BCUT2D eigenvalue weighted by Crippen LogP contribution is -2.37. The monoisotopic (exact) mass is 416 g/mol. The number of alkyl halides is 3. The van der Waals surface area contributed by atoms with E-state index in [4.69, 9.17) is 5.84 Å². The van der Waals surface area contributed by atoms with Crippen LogP contribution in [0.25, 0.3) is 5.70 Å². The van der Waals surface area contributed by atoms with Gasteiger partial charge in [-0.1, -0.05) is 12.1 Å². The minimum absolute atomic E-state index is 0.112. The van der Waals surface area contributed by atoms with E-state index in [0.29, 0.717) is 6.54 Å². The predicted octanol–water partition coefficient (Wildman–Crippen LogP) is 4.16. The third kappa shape index (κ3) is 4.03. The summed E-state index contributed by atoms with van der Waals surface area (Å²) in [6.45, 7) is 5.96. The van der Waals surface area contributed by atoms with E-state index < -0.39 is 11.7 Å². The number of nitrogens with one attached hydrogen (secondary N) is 1. The molecule has 0 spiro atoms. The Labute approximate surface area is 172 Å². The zero-order chi connectivity index (χ0) is 21.3. The molecule has 1 saturated heterocycles. The molecule has 0 saturated carbocycles. The Morgan fingerprint density at radius 2 is 2.03 bits per heavy atom. The van der Waals surface area contributed by atoms with Gasteiger partial charge in [-0.15, -0.1) is 0 Å². The number of hydrazine groups is 1. The molecule has 2 aromatic rings. The number of hydrogen-bond acceptors (Lipinski definition) is 5. The van der Waals surface area contributed by atoms with Gasteiger partial charge in [0.15, 0.2) is 0 Å². The second-order valence-corrected chi connectivity index (χ2v) is 7.55. The van der Waals surface area contributed by atoms with Gasteiger partial charge in [0.1, 0.15) is 12.2 Å². The van der Waals surface area contributed by atoms with Crippen LogP contribution in [0.5, 0.6) is 0 Å². The molecule has 1 fully saturated rings. The average molecular weight is 416 g/mol. The van der Waals surface area contributed by atoms with Crippen LogP contribution in [-0.4, -0.2) is 41.0 Å². The van der Waals surface area contributed by atoms with Crippen molar-refractivity contribution in [2.24, 2.45) is 21.7 Å². The number of aromatic nitrogens is 1. The fourth-order valence-electron chi connectivity index (χ4n) is 4.12. The lowest BCUT2D eigenvalue weighted by atomic mass is 9.91. The zero-order valence-corrected chi connectivity index (χ0v) is 16.4. The normalized spacial score (nSPS) is 21.5. The number of fused-ring (bicyclic) bond motifs is 1. The summed E-state index contributed by atoms with van der Waals surface area (Å²) in [6.07, 6.45) is 0.921. The van der Waals surface area contributed by atoms with Crippen molar-refractivity contribution < 1.29 is 13.2 Å². The minimum atomic E-state index is -4.32. The van der Waals surface area contributed by atoms with Gasteiger partial charge in [-0.3, -0.25) is 14.9 Å². The molecular formula is C21H23F3N6. The van der Waals surface area contributed by atoms with E-state index in [1.54, 1.807) is 24.7 Å². The van der Waals surface area contributed by atoms with E-state index in [0.717, 1.165) is 66.4 Å². The lowest BCUT2D eigenvalue weighted by Gasteiger charge is -2.35. The maximum atomic E-state index is 12.8. The van der Waals surface area contributed by atoms with Gasteiger partial charge in [0.05, 0.1) is 17.0 Å². The van der Waals surface area contributed by atoms with Crippen LogP contribution in [0.1, 0.15) is 29.5 Å². The summed E-state index contributed by atoms with van der Waals surface area (Å²) in [5.41, 5.74) is 2.68. The molecular weight excluding hydrogens is 393 g/mol. The third-order valence-corrected chi connectivity index (χ3v) is 5.54. The van der Waals surface area contributed by atoms with Crippen LogP contribution in [0.3, 0.4) is 0 Å². The molecule has 1 unspecified atom stereocenters. The number of aliphatic imine (C=N–C) groups is 2. The summed E-state index contributed by atoms with van der Waals surface area (Å²) in [4.78, 5) is 13.9. The number of aromatic amines is 1. The average Bonchev–Trinajstić information content (AvgIpc) is 3.19. The molecule has 3 heterocycles. The molecule has 1 aromatic carbocycles. The Hall–Kier alpha value is -2.91. The highest BCUT2D eigenvalue weighted by molar-refractivity contribution is 5.87. The van der Waals surface area contributed by atoms with Crippen LogP contribution in [-0.2, 0) is 12.7 Å². The van der Waals surface area contributed by atoms with Crippen LogP contribution in [0.4, 0.5) is 19.0 Å². The first-order chi connectivity index (χ1) is 14.4. The van der Waals surface area contributed by atoms with Gasteiger partial charge in [-0.05, 0) is 49.9 Å². The molecule has 0 bridgehead atoms. The van der Waals surface area contributed by atoms with Crippen molar-refractivity contribution in [3.63, 3.8) is 0 Å². The summed E-state index contributed by atoms with van der Waals surface area (Å²) in [5, 5.41) is 1.47. The first kappa shape index (κ1) is 20.4. The molecule has 2 aliphatic heterocycles.